The molecule has 0 atom stereocenters. The minimum absolute atomic E-state index is 0.267. The lowest BCUT2D eigenvalue weighted by Gasteiger charge is -2.09. The number of rotatable bonds is 3. The fraction of sp³-hybridized carbons (Fsp3) is 0.0769. The zero-order valence-electron chi connectivity index (χ0n) is 8.88. The fourth-order valence-electron chi connectivity index (χ4n) is 1.48. The smallest absolute Gasteiger partial charge is 0.163 e. The van der Waals surface area contributed by atoms with Gasteiger partial charge in [0, 0.05) is 21.4 Å². The normalized spacial score (nSPS) is 10.3. The topological polar surface area (TPSA) is 12.0 Å². The number of anilines is 1. The van der Waals surface area contributed by atoms with E-state index in [1.54, 1.807) is 6.07 Å². The van der Waals surface area contributed by atoms with E-state index in [0.717, 1.165) is 15.3 Å². The summed E-state index contributed by atoms with van der Waals surface area (Å²) in [6.45, 7) is 0.267. The van der Waals surface area contributed by atoms with Crippen molar-refractivity contribution in [3.8, 4) is 0 Å². The molecule has 17 heavy (non-hydrogen) atoms. The molecule has 0 spiro atoms. The Morgan fingerprint density at radius 1 is 1.00 bits per heavy atom. The summed E-state index contributed by atoms with van der Waals surface area (Å²) >= 11 is 2.19. The van der Waals surface area contributed by atoms with Crippen molar-refractivity contribution in [3.05, 3.63) is 63.2 Å². The second-order valence-corrected chi connectivity index (χ2v) is 4.71. The summed E-state index contributed by atoms with van der Waals surface area (Å²) in [5.74, 6) is -1.60. The van der Waals surface area contributed by atoms with Crippen molar-refractivity contribution >= 4 is 28.3 Å². The standard InChI is InChI=1S/C13H10F2IN/c14-10-5-3-4-9(13(10)15)8-17-12-7-2-1-6-11(12)16/h1-7,17H,8H2. The van der Waals surface area contributed by atoms with Crippen LogP contribution in [0.15, 0.2) is 42.5 Å². The second-order valence-electron chi connectivity index (χ2n) is 3.55. The minimum Gasteiger partial charge on any atom is -0.380 e. The molecule has 1 N–H and O–H groups in total. The number of hydrogen-bond donors (Lipinski definition) is 1. The highest BCUT2D eigenvalue weighted by atomic mass is 127. The Bertz CT molecular complexity index is 529. The molecule has 0 aromatic heterocycles. The van der Waals surface area contributed by atoms with Crippen LogP contribution >= 0.6 is 22.6 Å². The highest BCUT2D eigenvalue weighted by Crippen LogP contribution is 2.19. The summed E-state index contributed by atoms with van der Waals surface area (Å²) in [4.78, 5) is 0. The molecule has 0 aliphatic heterocycles. The number of benzene rings is 2. The summed E-state index contributed by atoms with van der Waals surface area (Å²) in [6, 6.07) is 11.9. The van der Waals surface area contributed by atoms with E-state index in [4.69, 9.17) is 0 Å². The SMILES string of the molecule is Fc1cccc(CNc2ccccc2I)c1F. The van der Waals surface area contributed by atoms with Crippen LogP contribution in [0.1, 0.15) is 5.56 Å². The van der Waals surface area contributed by atoms with E-state index in [1.807, 2.05) is 24.3 Å². The van der Waals surface area contributed by atoms with Crippen molar-refractivity contribution in [1.82, 2.24) is 0 Å². The number of halogens is 3. The number of para-hydroxylation sites is 1. The van der Waals surface area contributed by atoms with Crippen molar-refractivity contribution in [1.29, 1.82) is 0 Å². The Morgan fingerprint density at radius 3 is 2.53 bits per heavy atom. The van der Waals surface area contributed by atoms with Gasteiger partial charge in [-0.25, -0.2) is 8.78 Å². The predicted molar refractivity (Wildman–Crippen MR) is 72.8 cm³/mol. The molecule has 0 saturated heterocycles. The maximum absolute atomic E-state index is 13.4. The Morgan fingerprint density at radius 2 is 1.76 bits per heavy atom. The van der Waals surface area contributed by atoms with Crippen molar-refractivity contribution in [2.75, 3.05) is 5.32 Å². The van der Waals surface area contributed by atoms with E-state index >= 15 is 0 Å². The molecule has 0 unspecified atom stereocenters. The Kier molecular flexibility index (Phi) is 3.93. The van der Waals surface area contributed by atoms with Gasteiger partial charge < -0.3 is 5.32 Å². The first-order valence-electron chi connectivity index (χ1n) is 5.10. The largest absolute Gasteiger partial charge is 0.380 e. The van der Waals surface area contributed by atoms with Gasteiger partial charge in [0.2, 0.25) is 0 Å². The van der Waals surface area contributed by atoms with Gasteiger partial charge in [-0.05, 0) is 40.8 Å². The summed E-state index contributed by atoms with van der Waals surface area (Å²) in [5, 5.41) is 3.08. The predicted octanol–water partition coefficient (Wildman–Crippen LogP) is 4.18. The van der Waals surface area contributed by atoms with E-state index in [9.17, 15) is 8.78 Å². The summed E-state index contributed by atoms with van der Waals surface area (Å²) in [7, 11) is 0. The molecule has 0 saturated carbocycles. The van der Waals surface area contributed by atoms with Gasteiger partial charge in [0.05, 0.1) is 0 Å². The molecule has 4 heteroatoms. The Hall–Kier alpha value is -1.17. The molecule has 0 aliphatic rings. The molecule has 0 radical (unpaired) electrons. The van der Waals surface area contributed by atoms with Crippen molar-refractivity contribution in [2.24, 2.45) is 0 Å². The lowest BCUT2D eigenvalue weighted by molar-refractivity contribution is 0.500. The molecule has 2 aromatic carbocycles. The van der Waals surface area contributed by atoms with Crippen molar-refractivity contribution in [3.63, 3.8) is 0 Å². The molecule has 2 aromatic rings. The van der Waals surface area contributed by atoms with E-state index in [-0.39, 0.29) is 6.54 Å². The molecule has 0 aliphatic carbocycles. The van der Waals surface area contributed by atoms with Gasteiger partial charge in [-0.3, -0.25) is 0 Å². The summed E-state index contributed by atoms with van der Waals surface area (Å²) < 4.78 is 27.4. The van der Waals surface area contributed by atoms with Gasteiger partial charge in [-0.2, -0.15) is 0 Å². The highest BCUT2D eigenvalue weighted by molar-refractivity contribution is 14.1. The number of nitrogens with one attached hydrogen (secondary N) is 1. The van der Waals surface area contributed by atoms with Crippen LogP contribution in [-0.4, -0.2) is 0 Å². The molecule has 88 valence electrons. The van der Waals surface area contributed by atoms with Gasteiger partial charge in [0.1, 0.15) is 0 Å². The molecule has 0 fully saturated rings. The first-order valence-corrected chi connectivity index (χ1v) is 6.17. The van der Waals surface area contributed by atoms with Crippen molar-refractivity contribution in [2.45, 2.75) is 6.54 Å². The quantitative estimate of drug-likeness (QED) is 0.823. The molecule has 0 bridgehead atoms. The third-order valence-electron chi connectivity index (χ3n) is 2.37. The summed E-state index contributed by atoms with van der Waals surface area (Å²) in [6.07, 6.45) is 0. The Labute approximate surface area is 112 Å². The van der Waals surface area contributed by atoms with Gasteiger partial charge in [-0.1, -0.05) is 24.3 Å². The lowest BCUT2D eigenvalue weighted by Crippen LogP contribution is -2.04. The average Bonchev–Trinajstić information content (AvgIpc) is 2.33. The van der Waals surface area contributed by atoms with E-state index < -0.39 is 11.6 Å². The van der Waals surface area contributed by atoms with Crippen LogP contribution in [-0.2, 0) is 6.54 Å². The van der Waals surface area contributed by atoms with Crippen LogP contribution in [0.25, 0.3) is 0 Å². The molecule has 0 amide bonds. The monoisotopic (exact) mass is 345 g/mol. The van der Waals surface area contributed by atoms with Gasteiger partial charge >= 0.3 is 0 Å². The zero-order chi connectivity index (χ0) is 12.3. The highest BCUT2D eigenvalue weighted by Gasteiger charge is 2.07. The van der Waals surface area contributed by atoms with E-state index in [0.29, 0.717) is 5.56 Å². The van der Waals surface area contributed by atoms with Crippen LogP contribution in [0.4, 0.5) is 14.5 Å². The first kappa shape index (κ1) is 12.3. The van der Waals surface area contributed by atoms with Crippen LogP contribution in [0.3, 0.4) is 0 Å². The second kappa shape index (κ2) is 5.44. The van der Waals surface area contributed by atoms with E-state index in [1.165, 1.54) is 6.07 Å². The van der Waals surface area contributed by atoms with Crippen molar-refractivity contribution < 1.29 is 8.78 Å². The first-order chi connectivity index (χ1) is 8.18. The van der Waals surface area contributed by atoms with Gasteiger partial charge in [-0.15, -0.1) is 0 Å². The van der Waals surface area contributed by atoms with Crippen LogP contribution in [0, 0.1) is 15.2 Å². The third kappa shape index (κ3) is 2.94. The maximum atomic E-state index is 13.4. The molecule has 2 rings (SSSR count). The summed E-state index contributed by atoms with van der Waals surface area (Å²) in [5.41, 5.74) is 1.24. The fourth-order valence-corrected chi connectivity index (χ4v) is 2.06. The maximum Gasteiger partial charge on any atom is 0.163 e. The van der Waals surface area contributed by atoms with Crippen LogP contribution < -0.4 is 5.32 Å². The minimum atomic E-state index is -0.813. The van der Waals surface area contributed by atoms with Gasteiger partial charge in [0.25, 0.3) is 0 Å². The molecular weight excluding hydrogens is 335 g/mol. The molecular formula is C13H10F2IN. The molecule has 1 nitrogen and oxygen atoms in total. The third-order valence-corrected chi connectivity index (χ3v) is 3.32. The van der Waals surface area contributed by atoms with Crippen LogP contribution in [0.2, 0.25) is 0 Å². The lowest BCUT2D eigenvalue weighted by atomic mass is 10.2. The Balaban J connectivity index is 2.13. The van der Waals surface area contributed by atoms with Crippen LogP contribution in [0.5, 0.6) is 0 Å². The zero-order valence-corrected chi connectivity index (χ0v) is 11.0. The van der Waals surface area contributed by atoms with Gasteiger partial charge in [0.15, 0.2) is 11.6 Å². The average molecular weight is 345 g/mol. The molecule has 0 heterocycles. The van der Waals surface area contributed by atoms with E-state index in [2.05, 4.69) is 27.9 Å². The number of hydrogen-bond acceptors (Lipinski definition) is 1.